The van der Waals surface area contributed by atoms with E-state index < -0.39 is 11.7 Å². The van der Waals surface area contributed by atoms with Crippen LogP contribution in [0.5, 0.6) is 0 Å². The van der Waals surface area contributed by atoms with E-state index in [0.29, 0.717) is 17.5 Å². The zero-order valence-electron chi connectivity index (χ0n) is 23.5. The van der Waals surface area contributed by atoms with Gasteiger partial charge < -0.3 is 4.90 Å². The van der Waals surface area contributed by atoms with E-state index in [0.717, 1.165) is 30.6 Å². The highest BCUT2D eigenvalue weighted by molar-refractivity contribution is 5.92. The second-order valence-corrected chi connectivity index (χ2v) is 9.44. The number of ketones is 1. The molecule has 1 aliphatic rings. The van der Waals surface area contributed by atoms with Crippen molar-refractivity contribution in [3.8, 4) is 11.1 Å². The van der Waals surface area contributed by atoms with Crippen LogP contribution in [0.25, 0.3) is 11.1 Å². The minimum absolute atomic E-state index is 0.235. The molecule has 1 saturated carbocycles. The number of hydrogen-bond acceptors (Lipinski definition) is 2. The van der Waals surface area contributed by atoms with E-state index in [9.17, 15) is 18.0 Å². The monoisotopic (exact) mass is 523 g/mol. The smallest absolute Gasteiger partial charge is 0.333 e. The van der Waals surface area contributed by atoms with Crippen LogP contribution in [0.4, 0.5) is 18.9 Å². The molecule has 0 N–H and O–H groups in total. The third-order valence-electron chi connectivity index (χ3n) is 6.83. The van der Waals surface area contributed by atoms with Crippen LogP contribution in [0.2, 0.25) is 0 Å². The van der Waals surface area contributed by atoms with Crippen molar-refractivity contribution in [1.82, 2.24) is 0 Å². The summed E-state index contributed by atoms with van der Waals surface area (Å²) in [5.74, 6) is 0.235. The van der Waals surface area contributed by atoms with Crippen molar-refractivity contribution >= 4 is 11.5 Å². The van der Waals surface area contributed by atoms with Crippen molar-refractivity contribution in [2.24, 2.45) is 0 Å². The largest absolute Gasteiger partial charge is 0.416 e. The van der Waals surface area contributed by atoms with Gasteiger partial charge in [0.25, 0.3) is 0 Å². The molecule has 0 spiro atoms. The van der Waals surface area contributed by atoms with Crippen LogP contribution in [0.3, 0.4) is 0 Å². The quantitative estimate of drug-likeness (QED) is 0.320. The Morgan fingerprint density at radius 1 is 0.921 bits per heavy atom. The van der Waals surface area contributed by atoms with E-state index in [1.54, 1.807) is 26.8 Å². The first-order valence-electron chi connectivity index (χ1n) is 13.3. The number of carbonyl (C=O) groups excluding carboxylic acids is 1. The average Bonchev–Trinajstić information content (AvgIpc) is 2.87. The standard InChI is InChI=1S/C21H23NO.C10H11F3.C2H6/c1-16(2)22(21(17(3)23)14-7-15-21)20-12-10-19(11-13-20)18-8-5-4-6-9-18;1-3-8-5-4-7(2)6-9(8)10(11,12)13;1-2/h4-6,8-13H,1,7,14-15H2,2-3H3;4-6H,3H2,1-2H3;1-2H3. The number of halogens is 3. The molecule has 0 aromatic heterocycles. The van der Waals surface area contributed by atoms with E-state index in [-0.39, 0.29) is 11.3 Å². The summed E-state index contributed by atoms with van der Waals surface area (Å²) >= 11 is 0. The lowest BCUT2D eigenvalue weighted by atomic mass is 9.72. The molecule has 3 aromatic rings. The number of rotatable bonds is 6. The molecule has 1 aliphatic carbocycles. The minimum atomic E-state index is -4.22. The fourth-order valence-corrected chi connectivity index (χ4v) is 4.77. The zero-order chi connectivity index (χ0) is 28.5. The van der Waals surface area contributed by atoms with Crippen LogP contribution in [0.1, 0.15) is 70.6 Å². The van der Waals surface area contributed by atoms with Gasteiger partial charge in [-0.1, -0.05) is 87.5 Å². The van der Waals surface area contributed by atoms with Crippen LogP contribution in [-0.4, -0.2) is 11.3 Å². The molecule has 0 saturated heterocycles. The highest BCUT2D eigenvalue weighted by Gasteiger charge is 2.47. The SMILES string of the molecule is C=C(C)N(c1ccc(-c2ccccc2)cc1)C1(C(C)=O)CCC1.CC.CCc1ccc(C)cc1C(F)(F)F. The molecular weight excluding hydrogens is 483 g/mol. The summed E-state index contributed by atoms with van der Waals surface area (Å²) in [4.78, 5) is 14.4. The van der Waals surface area contributed by atoms with Gasteiger partial charge in [-0.2, -0.15) is 13.2 Å². The van der Waals surface area contributed by atoms with E-state index >= 15 is 0 Å². The van der Waals surface area contributed by atoms with E-state index in [4.69, 9.17) is 0 Å². The molecule has 5 heteroatoms. The molecule has 38 heavy (non-hydrogen) atoms. The summed E-state index contributed by atoms with van der Waals surface area (Å²) in [6.45, 7) is 15.2. The first kappa shape index (κ1) is 30.9. The Labute approximate surface area is 226 Å². The van der Waals surface area contributed by atoms with E-state index in [1.807, 2.05) is 39.0 Å². The predicted octanol–water partition coefficient (Wildman–Crippen LogP) is 9.81. The summed E-state index contributed by atoms with van der Waals surface area (Å²) in [7, 11) is 0. The molecule has 2 nitrogen and oxygen atoms in total. The number of benzene rings is 3. The first-order valence-corrected chi connectivity index (χ1v) is 13.3. The third-order valence-corrected chi connectivity index (χ3v) is 6.83. The van der Waals surface area contributed by atoms with Crippen LogP contribution < -0.4 is 4.90 Å². The van der Waals surface area contributed by atoms with Crippen molar-refractivity contribution in [3.63, 3.8) is 0 Å². The van der Waals surface area contributed by atoms with Gasteiger partial charge in [0.05, 0.1) is 5.56 Å². The Morgan fingerprint density at radius 3 is 1.89 bits per heavy atom. The number of allylic oxidation sites excluding steroid dienone is 1. The van der Waals surface area contributed by atoms with Crippen molar-refractivity contribution in [2.45, 2.75) is 78.9 Å². The summed E-state index contributed by atoms with van der Waals surface area (Å²) < 4.78 is 37.2. The molecular formula is C33H40F3NO. The summed E-state index contributed by atoms with van der Waals surface area (Å²) in [5.41, 5.74) is 4.46. The van der Waals surface area contributed by atoms with Crippen molar-refractivity contribution in [1.29, 1.82) is 0 Å². The maximum atomic E-state index is 12.4. The summed E-state index contributed by atoms with van der Waals surface area (Å²) in [6, 6.07) is 23.2. The van der Waals surface area contributed by atoms with E-state index in [2.05, 4.69) is 47.9 Å². The van der Waals surface area contributed by atoms with Gasteiger partial charge >= 0.3 is 6.18 Å². The number of nitrogens with zero attached hydrogens (tertiary/aromatic N) is 1. The van der Waals surface area contributed by atoms with Gasteiger partial charge in [-0.3, -0.25) is 4.79 Å². The Bertz CT molecular complexity index is 1190. The number of Topliss-reactive ketones (excluding diaryl/α,β-unsaturated/α-hetero) is 1. The lowest BCUT2D eigenvalue weighted by Crippen LogP contribution is -2.58. The second kappa shape index (κ2) is 13.5. The fraction of sp³-hybridized carbons (Fsp3) is 0.364. The van der Waals surface area contributed by atoms with Crippen LogP contribution in [0, 0.1) is 6.92 Å². The number of carbonyl (C=O) groups is 1. The minimum Gasteiger partial charge on any atom is -0.333 e. The molecule has 4 rings (SSSR count). The molecule has 0 heterocycles. The maximum absolute atomic E-state index is 12.4. The second-order valence-electron chi connectivity index (χ2n) is 9.44. The summed E-state index contributed by atoms with van der Waals surface area (Å²) in [5, 5.41) is 0. The molecule has 0 atom stereocenters. The Kier molecular flexibility index (Phi) is 10.9. The Morgan fingerprint density at radius 2 is 1.47 bits per heavy atom. The van der Waals surface area contributed by atoms with Gasteiger partial charge in [0.15, 0.2) is 5.78 Å². The number of alkyl halides is 3. The lowest BCUT2D eigenvalue weighted by molar-refractivity contribution is -0.138. The number of aryl methyl sites for hydroxylation is 2. The first-order chi connectivity index (χ1) is 18.0. The van der Waals surface area contributed by atoms with Crippen molar-refractivity contribution < 1.29 is 18.0 Å². The predicted molar refractivity (Wildman–Crippen MR) is 153 cm³/mol. The van der Waals surface area contributed by atoms with Gasteiger partial charge in [0.1, 0.15) is 5.54 Å². The number of hydrogen-bond donors (Lipinski definition) is 0. The van der Waals surface area contributed by atoms with Gasteiger partial charge in [0.2, 0.25) is 0 Å². The van der Waals surface area contributed by atoms with Gasteiger partial charge in [-0.15, -0.1) is 0 Å². The maximum Gasteiger partial charge on any atom is 0.416 e. The lowest BCUT2D eigenvalue weighted by Gasteiger charge is -2.50. The van der Waals surface area contributed by atoms with Gasteiger partial charge in [-0.05, 0) is 81.3 Å². The molecule has 0 bridgehead atoms. The van der Waals surface area contributed by atoms with E-state index in [1.165, 1.54) is 23.3 Å². The molecule has 0 unspecified atom stereocenters. The highest BCUT2D eigenvalue weighted by Crippen LogP contribution is 2.43. The normalized spacial score (nSPS) is 13.6. The van der Waals surface area contributed by atoms with Crippen LogP contribution in [0.15, 0.2) is 85.1 Å². The molecule has 1 fully saturated rings. The third kappa shape index (κ3) is 7.15. The topological polar surface area (TPSA) is 20.3 Å². The Balaban J connectivity index is 0.000000288. The highest BCUT2D eigenvalue weighted by atomic mass is 19.4. The van der Waals surface area contributed by atoms with Crippen molar-refractivity contribution in [2.75, 3.05) is 4.90 Å². The fourth-order valence-electron chi connectivity index (χ4n) is 4.77. The van der Waals surface area contributed by atoms with Crippen LogP contribution >= 0.6 is 0 Å². The zero-order valence-corrected chi connectivity index (χ0v) is 23.5. The summed E-state index contributed by atoms with van der Waals surface area (Å²) in [6.07, 6.45) is -0.886. The Hall–Kier alpha value is -3.34. The van der Waals surface area contributed by atoms with Crippen LogP contribution in [-0.2, 0) is 17.4 Å². The number of anilines is 1. The molecule has 0 amide bonds. The molecule has 0 aliphatic heterocycles. The molecule has 204 valence electrons. The van der Waals surface area contributed by atoms with Gasteiger partial charge in [0, 0.05) is 11.4 Å². The average molecular weight is 524 g/mol. The van der Waals surface area contributed by atoms with Gasteiger partial charge in [-0.25, -0.2) is 0 Å². The molecule has 0 radical (unpaired) electrons. The molecule has 3 aromatic carbocycles. The van der Waals surface area contributed by atoms with Crippen molar-refractivity contribution in [3.05, 3.63) is 102 Å².